The molecule has 0 aliphatic carbocycles. The van der Waals surface area contributed by atoms with E-state index < -0.39 is 24.2 Å². The Morgan fingerprint density at radius 2 is 0.494 bits per heavy atom. The van der Waals surface area contributed by atoms with Gasteiger partial charge in [-0.2, -0.15) is 0 Å². The molecule has 0 bridgehead atoms. The van der Waals surface area contributed by atoms with Gasteiger partial charge in [-0.15, -0.1) is 0 Å². The molecule has 0 radical (unpaired) electrons. The van der Waals surface area contributed by atoms with E-state index in [0.29, 0.717) is 12.8 Å². The summed E-state index contributed by atoms with van der Waals surface area (Å²) >= 11 is 0. The van der Waals surface area contributed by atoms with Gasteiger partial charge >= 0.3 is 0 Å². The molecule has 77 heavy (non-hydrogen) atoms. The van der Waals surface area contributed by atoms with Gasteiger partial charge in [-0.1, -0.05) is 392 Å². The lowest BCUT2D eigenvalue weighted by atomic mass is 10.0. The number of hydrogen-bond acceptors (Lipinski definition) is 4. The number of nitrogens with one attached hydrogen (secondary N) is 1. The Morgan fingerprint density at radius 1 is 0.299 bits per heavy atom. The van der Waals surface area contributed by atoms with Crippen molar-refractivity contribution in [2.45, 2.75) is 437 Å². The molecule has 0 aromatic rings. The highest BCUT2D eigenvalue weighted by molar-refractivity contribution is 5.80. The molecule has 0 heterocycles. The van der Waals surface area contributed by atoms with Crippen LogP contribution in [0, 0.1) is 0 Å². The third kappa shape index (κ3) is 62.5. The summed E-state index contributed by atoms with van der Waals surface area (Å²) < 4.78 is 0. The van der Waals surface area contributed by atoms with Gasteiger partial charge in [0.25, 0.3) is 0 Å². The quantitative estimate of drug-likeness (QED) is 0.0361. The molecule has 460 valence electrons. The minimum Gasteiger partial charge on any atom is -0.394 e. The Kier molecular flexibility index (Phi) is 66.8. The Morgan fingerprint density at radius 3 is 0.714 bits per heavy atom. The zero-order valence-electron chi connectivity index (χ0n) is 52.9. The van der Waals surface area contributed by atoms with Gasteiger partial charge < -0.3 is 20.6 Å². The molecule has 0 aromatic carbocycles. The molecular formula is C72H143NO4. The van der Waals surface area contributed by atoms with E-state index in [0.717, 1.165) is 32.1 Å². The third-order valence-electron chi connectivity index (χ3n) is 17.4. The summed E-state index contributed by atoms with van der Waals surface area (Å²) in [5.74, 6) is -0.461. The van der Waals surface area contributed by atoms with E-state index in [1.807, 2.05) is 0 Å². The highest BCUT2D eigenvalue weighted by Crippen LogP contribution is 2.20. The SMILES string of the molecule is CCCCCCCCCCCCCCCCCCCC/C=C\CCCCCCCCCCCCCCCCCCC(O)C(=O)NC(CO)C(O)CCCCCCCCCCCCCCCCCCCCCCCCCCC. The van der Waals surface area contributed by atoms with Crippen LogP contribution in [-0.2, 0) is 4.79 Å². The fraction of sp³-hybridized carbons (Fsp3) is 0.958. The van der Waals surface area contributed by atoms with Crippen LogP contribution >= 0.6 is 0 Å². The van der Waals surface area contributed by atoms with Crippen molar-refractivity contribution in [2.24, 2.45) is 0 Å². The Bertz CT molecular complexity index is 1110. The van der Waals surface area contributed by atoms with Crippen molar-refractivity contribution in [1.29, 1.82) is 0 Å². The summed E-state index contributed by atoms with van der Waals surface area (Å²) in [6, 6.07) is -0.711. The monoisotopic (exact) mass is 1090 g/mol. The van der Waals surface area contributed by atoms with Gasteiger partial charge in [-0.3, -0.25) is 4.79 Å². The molecule has 3 atom stereocenters. The van der Waals surface area contributed by atoms with Crippen molar-refractivity contribution in [1.82, 2.24) is 5.32 Å². The molecule has 1 amide bonds. The lowest BCUT2D eigenvalue weighted by Crippen LogP contribution is -2.49. The van der Waals surface area contributed by atoms with Gasteiger partial charge in [-0.25, -0.2) is 0 Å². The number of allylic oxidation sites excluding steroid dienone is 2. The summed E-state index contributed by atoms with van der Waals surface area (Å²) in [6.07, 6.45) is 87.7. The number of hydrogen-bond donors (Lipinski definition) is 4. The first-order valence-corrected chi connectivity index (χ1v) is 36.0. The number of rotatable bonds is 68. The second-order valence-electron chi connectivity index (χ2n) is 25.2. The zero-order valence-corrected chi connectivity index (χ0v) is 52.9. The summed E-state index contributed by atoms with van der Waals surface area (Å²) in [5.41, 5.74) is 0. The number of aliphatic hydroxyl groups is 3. The predicted octanol–water partition coefficient (Wildman–Crippen LogP) is 23.4. The van der Waals surface area contributed by atoms with Crippen LogP contribution in [0.15, 0.2) is 12.2 Å². The lowest BCUT2D eigenvalue weighted by molar-refractivity contribution is -0.131. The first kappa shape index (κ1) is 76.1. The van der Waals surface area contributed by atoms with Crippen LogP contribution in [0.2, 0.25) is 0 Å². The number of aliphatic hydroxyl groups excluding tert-OH is 3. The van der Waals surface area contributed by atoms with Crippen LogP contribution in [0.25, 0.3) is 0 Å². The third-order valence-corrected chi connectivity index (χ3v) is 17.4. The van der Waals surface area contributed by atoms with E-state index in [9.17, 15) is 20.1 Å². The first-order chi connectivity index (χ1) is 38.1. The van der Waals surface area contributed by atoms with Crippen molar-refractivity contribution in [2.75, 3.05) is 6.61 Å². The topological polar surface area (TPSA) is 89.8 Å². The largest absolute Gasteiger partial charge is 0.394 e. The molecular weight excluding hydrogens is 943 g/mol. The maximum atomic E-state index is 12.6. The van der Waals surface area contributed by atoms with Gasteiger partial charge in [0.15, 0.2) is 0 Å². The second-order valence-corrected chi connectivity index (χ2v) is 25.2. The molecule has 0 saturated heterocycles. The van der Waals surface area contributed by atoms with E-state index in [1.54, 1.807) is 0 Å². The lowest BCUT2D eigenvalue weighted by Gasteiger charge is -2.23. The maximum Gasteiger partial charge on any atom is 0.249 e. The maximum absolute atomic E-state index is 12.6. The van der Waals surface area contributed by atoms with E-state index in [4.69, 9.17) is 0 Å². The number of amides is 1. The Labute approximate surface area is 484 Å². The standard InChI is InChI=1S/C72H143NO4/c1-3-5-7-9-11-13-15-17-19-21-23-25-27-29-30-31-32-33-34-35-36-37-38-39-40-41-43-45-47-49-51-53-55-57-59-61-63-65-67-71(76)72(77)73-69(68-74)70(75)66-64-62-60-58-56-54-52-50-48-46-44-42-28-26-24-22-20-18-16-14-12-10-8-6-4-2/h35-36,69-71,74-76H,3-34,37-68H2,1-2H3,(H,73,77)/b36-35-. The summed E-state index contributed by atoms with van der Waals surface area (Å²) in [7, 11) is 0. The van der Waals surface area contributed by atoms with Gasteiger partial charge in [0, 0.05) is 0 Å². The van der Waals surface area contributed by atoms with Gasteiger partial charge in [0.2, 0.25) is 5.91 Å². The minimum atomic E-state index is -1.07. The van der Waals surface area contributed by atoms with Crippen molar-refractivity contribution >= 4 is 5.91 Å². The van der Waals surface area contributed by atoms with Crippen molar-refractivity contribution in [3.05, 3.63) is 12.2 Å². The molecule has 5 nitrogen and oxygen atoms in total. The average molecular weight is 1090 g/mol. The molecule has 0 saturated carbocycles. The van der Waals surface area contributed by atoms with Crippen molar-refractivity contribution in [3.63, 3.8) is 0 Å². The van der Waals surface area contributed by atoms with Crippen LogP contribution < -0.4 is 5.32 Å². The fourth-order valence-electron chi connectivity index (χ4n) is 11.8. The van der Waals surface area contributed by atoms with Crippen LogP contribution in [0.1, 0.15) is 418 Å². The number of carbonyl (C=O) groups excluding carboxylic acids is 1. The molecule has 0 aliphatic rings. The highest BCUT2D eigenvalue weighted by Gasteiger charge is 2.23. The molecule has 0 aliphatic heterocycles. The van der Waals surface area contributed by atoms with E-state index in [2.05, 4.69) is 31.3 Å². The smallest absolute Gasteiger partial charge is 0.249 e. The average Bonchev–Trinajstić information content (AvgIpc) is 3.43. The van der Waals surface area contributed by atoms with Gasteiger partial charge in [0.05, 0.1) is 18.8 Å². The summed E-state index contributed by atoms with van der Waals surface area (Å²) in [6.45, 7) is 4.29. The minimum absolute atomic E-state index is 0.308. The molecule has 3 unspecified atom stereocenters. The van der Waals surface area contributed by atoms with Crippen LogP contribution in [0.4, 0.5) is 0 Å². The predicted molar refractivity (Wildman–Crippen MR) is 342 cm³/mol. The Balaban J connectivity index is 3.43. The highest BCUT2D eigenvalue weighted by atomic mass is 16.3. The first-order valence-electron chi connectivity index (χ1n) is 36.0. The summed E-state index contributed by atoms with van der Waals surface area (Å²) in [5, 5.41) is 33.7. The van der Waals surface area contributed by atoms with Gasteiger partial charge in [-0.05, 0) is 38.5 Å². The van der Waals surface area contributed by atoms with Gasteiger partial charge in [0.1, 0.15) is 6.10 Å². The fourth-order valence-corrected chi connectivity index (χ4v) is 11.8. The second kappa shape index (κ2) is 67.6. The molecule has 4 N–H and O–H groups in total. The van der Waals surface area contributed by atoms with Crippen molar-refractivity contribution in [3.8, 4) is 0 Å². The zero-order chi connectivity index (χ0) is 55.7. The van der Waals surface area contributed by atoms with E-state index in [-0.39, 0.29) is 6.61 Å². The summed E-state index contributed by atoms with van der Waals surface area (Å²) in [4.78, 5) is 12.6. The molecule has 0 aromatic heterocycles. The van der Waals surface area contributed by atoms with E-state index in [1.165, 1.54) is 360 Å². The molecule has 0 spiro atoms. The molecule has 0 fully saturated rings. The van der Waals surface area contributed by atoms with Crippen LogP contribution in [0.3, 0.4) is 0 Å². The number of unbranched alkanes of at least 4 members (excludes halogenated alkanes) is 58. The normalized spacial score (nSPS) is 13.1. The molecule has 0 rings (SSSR count). The molecule has 5 heteroatoms. The van der Waals surface area contributed by atoms with Crippen molar-refractivity contribution < 1.29 is 20.1 Å². The van der Waals surface area contributed by atoms with Crippen LogP contribution in [0.5, 0.6) is 0 Å². The number of carbonyl (C=O) groups is 1. The van der Waals surface area contributed by atoms with E-state index >= 15 is 0 Å². The van der Waals surface area contributed by atoms with Crippen LogP contribution in [-0.4, -0.2) is 46.1 Å². The Hall–Kier alpha value is -0.910.